The Morgan fingerprint density at radius 1 is 1.15 bits per heavy atom. The monoisotopic (exact) mass is 281 g/mol. The van der Waals surface area contributed by atoms with Gasteiger partial charge in [-0.15, -0.1) is 0 Å². The summed E-state index contributed by atoms with van der Waals surface area (Å²) in [6.07, 6.45) is 5.46. The quantitative estimate of drug-likeness (QED) is 0.899. The fourth-order valence-electron chi connectivity index (χ4n) is 3.83. The van der Waals surface area contributed by atoms with Gasteiger partial charge in [0.2, 0.25) is 0 Å². The molecule has 0 saturated heterocycles. The van der Waals surface area contributed by atoms with Gasteiger partial charge in [0.25, 0.3) is 0 Å². The first-order valence-corrected chi connectivity index (χ1v) is 7.48. The van der Waals surface area contributed by atoms with Gasteiger partial charge in [0, 0.05) is 0 Å². The highest BCUT2D eigenvalue weighted by Gasteiger charge is 2.39. The van der Waals surface area contributed by atoms with Gasteiger partial charge in [-0.05, 0) is 67.7 Å². The van der Waals surface area contributed by atoms with Crippen LogP contribution in [0.15, 0.2) is 12.1 Å². The van der Waals surface area contributed by atoms with Crippen LogP contribution in [0.3, 0.4) is 0 Å². The highest BCUT2D eigenvalue weighted by Crippen LogP contribution is 2.48. The van der Waals surface area contributed by atoms with E-state index in [0.29, 0.717) is 37.0 Å². The van der Waals surface area contributed by atoms with Gasteiger partial charge < -0.3 is 10.5 Å². The number of halogens is 2. The van der Waals surface area contributed by atoms with Gasteiger partial charge >= 0.3 is 0 Å². The first-order valence-electron chi connectivity index (χ1n) is 7.48. The molecule has 1 aromatic carbocycles. The van der Waals surface area contributed by atoms with E-state index in [1.165, 1.54) is 31.4 Å². The Morgan fingerprint density at radius 3 is 2.45 bits per heavy atom. The van der Waals surface area contributed by atoms with E-state index in [2.05, 4.69) is 0 Å². The van der Waals surface area contributed by atoms with Crippen LogP contribution in [0.4, 0.5) is 8.78 Å². The zero-order chi connectivity index (χ0) is 14.1. The van der Waals surface area contributed by atoms with E-state index in [9.17, 15) is 8.78 Å². The summed E-state index contributed by atoms with van der Waals surface area (Å²) in [5.41, 5.74) is 5.98. The van der Waals surface area contributed by atoms with Crippen molar-refractivity contribution >= 4 is 0 Å². The predicted octanol–water partition coefficient (Wildman–Crippen LogP) is 3.28. The number of hydrogen-bond donors (Lipinski definition) is 1. The summed E-state index contributed by atoms with van der Waals surface area (Å²) in [6, 6.07) is 2.65. The highest BCUT2D eigenvalue weighted by atomic mass is 19.1. The Bertz CT molecular complexity index is 468. The molecule has 0 aliphatic heterocycles. The molecule has 2 nitrogen and oxygen atoms in total. The van der Waals surface area contributed by atoms with Crippen LogP contribution in [0.1, 0.15) is 31.2 Å². The number of nitrogens with two attached hydrogens (primary N) is 1. The highest BCUT2D eigenvalue weighted by molar-refractivity contribution is 5.31. The molecule has 2 fully saturated rings. The second-order valence-electron chi connectivity index (χ2n) is 6.17. The lowest BCUT2D eigenvalue weighted by atomic mass is 9.89. The van der Waals surface area contributed by atoms with E-state index < -0.39 is 11.6 Å². The molecule has 3 rings (SSSR count). The molecule has 3 atom stereocenters. The summed E-state index contributed by atoms with van der Waals surface area (Å²) in [7, 11) is 0. The minimum atomic E-state index is -0.614. The molecule has 2 aliphatic carbocycles. The fraction of sp³-hybridized carbons (Fsp3) is 0.625. The van der Waals surface area contributed by atoms with Crippen molar-refractivity contribution in [3.05, 3.63) is 29.3 Å². The minimum Gasteiger partial charge on any atom is -0.487 e. The molecular formula is C16H21F2NO. The maximum Gasteiger partial charge on any atom is 0.190 e. The van der Waals surface area contributed by atoms with Gasteiger partial charge in [0.05, 0.1) is 6.61 Å². The molecule has 4 heteroatoms. The molecule has 20 heavy (non-hydrogen) atoms. The summed E-state index contributed by atoms with van der Waals surface area (Å²) >= 11 is 0. The van der Waals surface area contributed by atoms with E-state index in [1.807, 2.05) is 0 Å². The van der Waals surface area contributed by atoms with Crippen molar-refractivity contribution in [2.75, 3.05) is 13.2 Å². The lowest BCUT2D eigenvalue weighted by molar-refractivity contribution is 0.183. The minimum absolute atomic E-state index is 0.228. The van der Waals surface area contributed by atoms with Gasteiger partial charge in [-0.3, -0.25) is 0 Å². The third-order valence-corrected chi connectivity index (χ3v) is 4.82. The Balaban J connectivity index is 1.65. The second kappa shape index (κ2) is 5.68. The van der Waals surface area contributed by atoms with Crippen LogP contribution in [-0.2, 0) is 6.42 Å². The van der Waals surface area contributed by atoms with E-state index in [0.717, 1.165) is 12.3 Å². The number of ether oxygens (including phenoxy) is 1. The third-order valence-electron chi connectivity index (χ3n) is 4.82. The maximum absolute atomic E-state index is 13.9. The largest absolute Gasteiger partial charge is 0.487 e. The third kappa shape index (κ3) is 2.66. The van der Waals surface area contributed by atoms with Gasteiger partial charge in [-0.25, -0.2) is 8.78 Å². The number of benzene rings is 1. The molecule has 2 N–H and O–H groups in total. The summed E-state index contributed by atoms with van der Waals surface area (Å²) in [5.74, 6) is 0.524. The Labute approximate surface area is 118 Å². The molecule has 110 valence electrons. The number of rotatable bonds is 5. The maximum atomic E-state index is 13.9. The standard InChI is InChI=1S/C16H21F2NO/c17-14-7-11(3-4-19)8-15(18)16(14)20-9-13-6-10-1-2-12(13)5-10/h7-8,10,12-13H,1-6,9,19H2. The SMILES string of the molecule is NCCc1cc(F)c(OCC2CC3CCC2C3)c(F)c1. The smallest absolute Gasteiger partial charge is 0.190 e. The van der Waals surface area contributed by atoms with Crippen molar-refractivity contribution in [2.45, 2.75) is 32.1 Å². The summed E-state index contributed by atoms with van der Waals surface area (Å²) in [6.45, 7) is 0.815. The van der Waals surface area contributed by atoms with E-state index in [1.54, 1.807) is 0 Å². The molecule has 0 radical (unpaired) electrons. The molecular weight excluding hydrogens is 260 g/mol. The van der Waals surface area contributed by atoms with Gasteiger partial charge in [0.15, 0.2) is 17.4 Å². The molecule has 1 aromatic rings. The average molecular weight is 281 g/mol. The van der Waals surface area contributed by atoms with Crippen LogP contribution < -0.4 is 10.5 Å². The zero-order valence-corrected chi connectivity index (χ0v) is 11.6. The molecule has 0 spiro atoms. The normalized spacial score (nSPS) is 28.1. The summed E-state index contributed by atoms with van der Waals surface area (Å²) < 4.78 is 33.2. The molecule has 2 aliphatic rings. The molecule has 2 saturated carbocycles. The van der Waals surface area contributed by atoms with Gasteiger partial charge in [0.1, 0.15) is 0 Å². The number of fused-ring (bicyclic) bond motifs is 2. The summed E-state index contributed by atoms with van der Waals surface area (Å²) in [4.78, 5) is 0. The van der Waals surface area contributed by atoms with Crippen molar-refractivity contribution in [2.24, 2.45) is 23.5 Å². The van der Waals surface area contributed by atoms with Crippen LogP contribution >= 0.6 is 0 Å². The van der Waals surface area contributed by atoms with Crippen molar-refractivity contribution in [1.82, 2.24) is 0 Å². The first kappa shape index (κ1) is 13.8. The fourth-order valence-corrected chi connectivity index (χ4v) is 3.83. The first-order chi connectivity index (χ1) is 9.67. The van der Waals surface area contributed by atoms with Crippen LogP contribution in [-0.4, -0.2) is 13.2 Å². The van der Waals surface area contributed by atoms with Crippen LogP contribution in [0, 0.1) is 29.4 Å². The molecule has 2 bridgehead atoms. The summed E-state index contributed by atoms with van der Waals surface area (Å²) in [5, 5.41) is 0. The molecule has 3 unspecified atom stereocenters. The molecule has 0 aromatic heterocycles. The van der Waals surface area contributed by atoms with Crippen molar-refractivity contribution in [3.63, 3.8) is 0 Å². The average Bonchev–Trinajstić information content (AvgIpc) is 3.00. The Kier molecular flexibility index (Phi) is 3.92. The van der Waals surface area contributed by atoms with E-state index in [-0.39, 0.29) is 5.75 Å². The second-order valence-corrected chi connectivity index (χ2v) is 6.17. The van der Waals surface area contributed by atoms with Crippen LogP contribution in [0.2, 0.25) is 0 Å². The van der Waals surface area contributed by atoms with Gasteiger partial charge in [-0.1, -0.05) is 6.42 Å². The number of hydrogen-bond acceptors (Lipinski definition) is 2. The predicted molar refractivity (Wildman–Crippen MR) is 73.5 cm³/mol. The van der Waals surface area contributed by atoms with Gasteiger partial charge in [-0.2, -0.15) is 0 Å². The zero-order valence-electron chi connectivity index (χ0n) is 11.6. The van der Waals surface area contributed by atoms with Crippen molar-refractivity contribution < 1.29 is 13.5 Å². The van der Waals surface area contributed by atoms with Crippen molar-refractivity contribution in [1.29, 1.82) is 0 Å². The van der Waals surface area contributed by atoms with E-state index >= 15 is 0 Å². The van der Waals surface area contributed by atoms with Crippen molar-refractivity contribution in [3.8, 4) is 5.75 Å². The lowest BCUT2D eigenvalue weighted by Gasteiger charge is -2.22. The van der Waals surface area contributed by atoms with Crippen LogP contribution in [0.5, 0.6) is 5.75 Å². The lowest BCUT2D eigenvalue weighted by Crippen LogP contribution is -2.19. The molecule has 0 amide bonds. The Morgan fingerprint density at radius 2 is 1.90 bits per heavy atom. The van der Waals surface area contributed by atoms with E-state index in [4.69, 9.17) is 10.5 Å². The topological polar surface area (TPSA) is 35.2 Å². The molecule has 0 heterocycles. The Hall–Kier alpha value is -1.16. The van der Waals surface area contributed by atoms with Crippen LogP contribution in [0.25, 0.3) is 0 Å².